The zero-order valence-corrected chi connectivity index (χ0v) is 21.5. The van der Waals surface area contributed by atoms with Gasteiger partial charge in [0, 0.05) is 6.54 Å². The van der Waals surface area contributed by atoms with Crippen molar-refractivity contribution in [2.45, 2.75) is 38.0 Å². The van der Waals surface area contributed by atoms with E-state index in [9.17, 15) is 19.5 Å². The van der Waals surface area contributed by atoms with Crippen LogP contribution in [-0.4, -0.2) is 39.6 Å². The second kappa shape index (κ2) is 13.7. The maximum atomic E-state index is 13.0. The van der Waals surface area contributed by atoms with Gasteiger partial charge in [0.1, 0.15) is 25.2 Å². The molecule has 2 aromatic heterocycles. The number of carboxylic acid groups (broad SMARTS) is 1. The molecule has 0 spiro atoms. The molecule has 2 amide bonds. The molecule has 0 saturated carbocycles. The predicted octanol–water partition coefficient (Wildman–Crippen LogP) is 3.78. The second-order valence-electron chi connectivity index (χ2n) is 8.90. The van der Waals surface area contributed by atoms with Crippen LogP contribution in [0.15, 0.2) is 82.0 Å². The highest BCUT2D eigenvalue weighted by Gasteiger charge is 2.25. The SMILES string of the molecule is N[C@@H](Cc1ccccc1)c1nc(C(=O)N[C@@H](CCCNC(=O)OCc2ccccc2)c2nc(C(=O)O)co2)co1. The van der Waals surface area contributed by atoms with Crippen LogP contribution in [-0.2, 0) is 17.8 Å². The van der Waals surface area contributed by atoms with Gasteiger partial charge in [0.05, 0.1) is 6.04 Å². The lowest BCUT2D eigenvalue weighted by Crippen LogP contribution is -2.31. The van der Waals surface area contributed by atoms with Gasteiger partial charge in [0.15, 0.2) is 11.4 Å². The molecule has 0 bridgehead atoms. The Hall–Kier alpha value is -4.97. The number of aromatic carboxylic acids is 1. The van der Waals surface area contributed by atoms with Crippen LogP contribution in [0.3, 0.4) is 0 Å². The number of nitrogens with zero attached hydrogens (tertiary/aromatic N) is 2. The molecule has 0 radical (unpaired) electrons. The van der Waals surface area contributed by atoms with Crippen LogP contribution in [0.4, 0.5) is 4.79 Å². The summed E-state index contributed by atoms with van der Waals surface area (Å²) in [6, 6.07) is 17.5. The number of nitrogens with two attached hydrogens (primary N) is 1. The van der Waals surface area contributed by atoms with E-state index in [-0.39, 0.29) is 42.7 Å². The number of ether oxygens (including phenoxy) is 1. The van der Waals surface area contributed by atoms with E-state index >= 15 is 0 Å². The number of hydrogen-bond acceptors (Lipinski definition) is 9. The molecule has 12 nitrogen and oxygen atoms in total. The first-order valence-corrected chi connectivity index (χ1v) is 12.6. The van der Waals surface area contributed by atoms with Crippen LogP contribution >= 0.6 is 0 Å². The molecule has 4 rings (SSSR count). The first-order valence-electron chi connectivity index (χ1n) is 12.6. The van der Waals surface area contributed by atoms with Crippen molar-refractivity contribution in [2.24, 2.45) is 5.73 Å². The minimum Gasteiger partial charge on any atom is -0.476 e. The summed E-state index contributed by atoms with van der Waals surface area (Å²) in [6.45, 7) is 0.364. The van der Waals surface area contributed by atoms with Gasteiger partial charge < -0.3 is 35.0 Å². The van der Waals surface area contributed by atoms with E-state index in [1.165, 1.54) is 6.26 Å². The average Bonchev–Trinajstić information content (AvgIpc) is 3.66. The van der Waals surface area contributed by atoms with E-state index in [2.05, 4.69) is 20.6 Å². The van der Waals surface area contributed by atoms with Gasteiger partial charge in [0.2, 0.25) is 11.8 Å². The van der Waals surface area contributed by atoms with Gasteiger partial charge in [-0.2, -0.15) is 0 Å². The minimum absolute atomic E-state index is 0.00176. The van der Waals surface area contributed by atoms with Crippen molar-refractivity contribution in [2.75, 3.05) is 6.54 Å². The van der Waals surface area contributed by atoms with E-state index in [0.717, 1.165) is 17.4 Å². The number of alkyl carbamates (subject to hydrolysis) is 1. The Balaban J connectivity index is 1.33. The fourth-order valence-electron chi connectivity index (χ4n) is 3.82. The third-order valence-electron chi connectivity index (χ3n) is 5.87. The summed E-state index contributed by atoms with van der Waals surface area (Å²) in [5.74, 6) is -1.65. The van der Waals surface area contributed by atoms with Crippen molar-refractivity contribution in [1.82, 2.24) is 20.6 Å². The molecule has 2 atom stereocenters. The zero-order valence-electron chi connectivity index (χ0n) is 21.5. The van der Waals surface area contributed by atoms with Crippen molar-refractivity contribution < 1.29 is 33.1 Å². The molecule has 0 saturated heterocycles. The molecule has 0 aliphatic rings. The summed E-state index contributed by atoms with van der Waals surface area (Å²) in [4.78, 5) is 44.4. The zero-order chi connectivity index (χ0) is 28.3. The highest BCUT2D eigenvalue weighted by molar-refractivity contribution is 5.92. The molecule has 0 aliphatic carbocycles. The number of nitrogens with one attached hydrogen (secondary N) is 2. The van der Waals surface area contributed by atoms with Crippen LogP contribution in [0.1, 0.15) is 68.8 Å². The minimum atomic E-state index is -1.27. The number of carbonyl (C=O) groups is 3. The molecule has 2 heterocycles. The third-order valence-corrected chi connectivity index (χ3v) is 5.87. The topological polar surface area (TPSA) is 183 Å². The fraction of sp³-hybridized carbons (Fsp3) is 0.250. The highest BCUT2D eigenvalue weighted by Crippen LogP contribution is 2.20. The van der Waals surface area contributed by atoms with Crippen LogP contribution in [0.25, 0.3) is 0 Å². The Morgan fingerprint density at radius 3 is 2.20 bits per heavy atom. The average molecular weight is 548 g/mol. The number of carboxylic acids is 1. The van der Waals surface area contributed by atoms with E-state index in [0.29, 0.717) is 12.8 Å². The molecule has 0 fully saturated rings. The lowest BCUT2D eigenvalue weighted by molar-refractivity contribution is 0.0690. The van der Waals surface area contributed by atoms with Crippen LogP contribution in [0, 0.1) is 0 Å². The van der Waals surface area contributed by atoms with Crippen LogP contribution in [0.5, 0.6) is 0 Å². The molecule has 0 aliphatic heterocycles. The molecule has 2 aromatic carbocycles. The van der Waals surface area contributed by atoms with Crippen molar-refractivity contribution in [1.29, 1.82) is 0 Å². The molecule has 40 heavy (non-hydrogen) atoms. The Bertz CT molecular complexity index is 1400. The van der Waals surface area contributed by atoms with Crippen molar-refractivity contribution in [3.63, 3.8) is 0 Å². The summed E-state index contributed by atoms with van der Waals surface area (Å²) in [5.41, 5.74) is 7.76. The number of oxazole rings is 2. The fourth-order valence-corrected chi connectivity index (χ4v) is 3.82. The Labute approximate surface area is 229 Å². The molecule has 5 N–H and O–H groups in total. The summed E-state index contributed by atoms with van der Waals surface area (Å²) >= 11 is 0. The van der Waals surface area contributed by atoms with Gasteiger partial charge in [-0.25, -0.2) is 19.6 Å². The quantitative estimate of drug-likeness (QED) is 0.180. The number of amides is 2. The number of carbonyl (C=O) groups excluding carboxylic acids is 2. The smallest absolute Gasteiger partial charge is 0.407 e. The first kappa shape index (κ1) is 28.0. The molecule has 0 unspecified atom stereocenters. The van der Waals surface area contributed by atoms with Gasteiger partial charge in [-0.15, -0.1) is 0 Å². The van der Waals surface area contributed by atoms with Crippen molar-refractivity contribution in [3.8, 4) is 0 Å². The number of aromatic nitrogens is 2. The second-order valence-corrected chi connectivity index (χ2v) is 8.90. The number of rotatable bonds is 13. The summed E-state index contributed by atoms with van der Waals surface area (Å²) in [5, 5.41) is 14.6. The maximum Gasteiger partial charge on any atom is 0.407 e. The number of hydrogen-bond donors (Lipinski definition) is 4. The van der Waals surface area contributed by atoms with Gasteiger partial charge in [-0.05, 0) is 30.4 Å². The Morgan fingerprint density at radius 1 is 0.900 bits per heavy atom. The summed E-state index contributed by atoms with van der Waals surface area (Å²) in [6.07, 6.45) is 2.74. The Morgan fingerprint density at radius 2 is 1.52 bits per heavy atom. The van der Waals surface area contributed by atoms with E-state index in [4.69, 9.17) is 19.3 Å². The van der Waals surface area contributed by atoms with Crippen molar-refractivity contribution in [3.05, 3.63) is 107 Å². The van der Waals surface area contributed by atoms with Crippen LogP contribution in [0.2, 0.25) is 0 Å². The lowest BCUT2D eigenvalue weighted by atomic mass is 10.1. The normalized spacial score (nSPS) is 12.3. The van der Waals surface area contributed by atoms with Gasteiger partial charge in [-0.3, -0.25) is 4.79 Å². The third kappa shape index (κ3) is 8.01. The molecular weight excluding hydrogens is 518 g/mol. The monoisotopic (exact) mass is 547 g/mol. The van der Waals surface area contributed by atoms with Gasteiger partial charge >= 0.3 is 12.1 Å². The van der Waals surface area contributed by atoms with E-state index in [1.807, 2.05) is 60.7 Å². The Kier molecular flexibility index (Phi) is 9.62. The maximum absolute atomic E-state index is 13.0. The van der Waals surface area contributed by atoms with Gasteiger partial charge in [-0.1, -0.05) is 60.7 Å². The number of benzene rings is 2. The van der Waals surface area contributed by atoms with Crippen LogP contribution < -0.4 is 16.4 Å². The molecule has 208 valence electrons. The van der Waals surface area contributed by atoms with Gasteiger partial charge in [0.25, 0.3) is 5.91 Å². The van der Waals surface area contributed by atoms with E-state index < -0.39 is 30.1 Å². The summed E-state index contributed by atoms with van der Waals surface area (Å²) in [7, 11) is 0. The molecular formula is C28H29N5O7. The lowest BCUT2D eigenvalue weighted by Gasteiger charge is -2.15. The predicted molar refractivity (Wildman–Crippen MR) is 141 cm³/mol. The largest absolute Gasteiger partial charge is 0.476 e. The van der Waals surface area contributed by atoms with Crippen molar-refractivity contribution >= 4 is 18.0 Å². The van der Waals surface area contributed by atoms with E-state index in [1.54, 1.807) is 0 Å². The highest BCUT2D eigenvalue weighted by atomic mass is 16.5. The summed E-state index contributed by atoms with van der Waals surface area (Å²) < 4.78 is 16.0. The molecule has 4 aromatic rings. The molecule has 12 heteroatoms. The standard InChI is InChI=1S/C28H29N5O7/c29-20(14-18-8-3-1-4-9-18)25-32-22(16-38-25)24(34)31-21(26-33-23(17-39-26)27(35)36)12-7-13-30-28(37)40-15-19-10-5-2-6-11-19/h1-6,8-11,16-17,20-21H,7,12-15,29H2,(H,30,37)(H,31,34)(H,35,36)/t20-,21-/m0/s1. The first-order chi connectivity index (χ1) is 19.4.